The molecule has 1 N–H and O–H groups in total. The number of aryl methyl sites for hydroxylation is 1. The van der Waals surface area contributed by atoms with Crippen molar-refractivity contribution in [3.63, 3.8) is 0 Å². The lowest BCUT2D eigenvalue weighted by Gasteiger charge is -2.21. The van der Waals surface area contributed by atoms with Gasteiger partial charge in [0.05, 0.1) is 6.54 Å². The maximum Gasteiger partial charge on any atom is 0.193 e. The number of guanidine groups is 1. The number of benzene rings is 1. The van der Waals surface area contributed by atoms with Crippen LogP contribution in [0.25, 0.3) is 0 Å². The van der Waals surface area contributed by atoms with Crippen molar-refractivity contribution in [2.75, 3.05) is 33.8 Å². The van der Waals surface area contributed by atoms with Gasteiger partial charge in [0.2, 0.25) is 0 Å². The number of rotatable bonds is 7. The molecule has 112 valence electrons. The van der Waals surface area contributed by atoms with Crippen LogP contribution in [-0.2, 0) is 0 Å². The number of hydrogen-bond donors (Lipinski definition) is 1. The van der Waals surface area contributed by atoms with Crippen LogP contribution >= 0.6 is 0 Å². The van der Waals surface area contributed by atoms with Crippen molar-refractivity contribution >= 4 is 5.96 Å². The molecule has 0 radical (unpaired) electrons. The van der Waals surface area contributed by atoms with Crippen molar-refractivity contribution in [1.29, 1.82) is 0 Å². The molecule has 0 bridgehead atoms. The van der Waals surface area contributed by atoms with Crippen molar-refractivity contribution in [2.24, 2.45) is 4.99 Å². The van der Waals surface area contributed by atoms with Gasteiger partial charge in [-0.05, 0) is 25.0 Å². The van der Waals surface area contributed by atoms with E-state index in [0.29, 0.717) is 6.61 Å². The second-order valence-corrected chi connectivity index (χ2v) is 4.86. The number of para-hydroxylation sites is 1. The van der Waals surface area contributed by atoms with Crippen molar-refractivity contribution in [3.05, 3.63) is 29.8 Å². The molecule has 0 aliphatic rings. The number of nitrogens with one attached hydrogen (secondary N) is 1. The van der Waals surface area contributed by atoms with Crippen LogP contribution in [-0.4, -0.2) is 44.7 Å². The van der Waals surface area contributed by atoms with Crippen molar-refractivity contribution in [3.8, 4) is 5.75 Å². The van der Waals surface area contributed by atoms with Gasteiger partial charge in [0, 0.05) is 20.6 Å². The lowest BCUT2D eigenvalue weighted by Crippen LogP contribution is -2.41. The van der Waals surface area contributed by atoms with Crippen molar-refractivity contribution in [1.82, 2.24) is 10.2 Å². The third-order valence-electron chi connectivity index (χ3n) is 3.16. The Labute approximate surface area is 122 Å². The fourth-order valence-corrected chi connectivity index (χ4v) is 1.93. The van der Waals surface area contributed by atoms with E-state index in [-0.39, 0.29) is 0 Å². The lowest BCUT2D eigenvalue weighted by atomic mass is 10.2. The minimum Gasteiger partial charge on any atom is -0.491 e. The molecule has 0 saturated heterocycles. The first-order valence-electron chi connectivity index (χ1n) is 7.29. The van der Waals surface area contributed by atoms with Crippen LogP contribution in [0.4, 0.5) is 0 Å². The minimum absolute atomic E-state index is 0.630. The molecule has 0 unspecified atom stereocenters. The first-order chi connectivity index (χ1) is 9.69. The van der Waals surface area contributed by atoms with E-state index < -0.39 is 0 Å². The summed E-state index contributed by atoms with van der Waals surface area (Å²) in [6.07, 6.45) is 2.37. The van der Waals surface area contributed by atoms with Gasteiger partial charge >= 0.3 is 0 Å². The van der Waals surface area contributed by atoms with Crippen LogP contribution in [0, 0.1) is 6.92 Å². The Morgan fingerprint density at radius 1 is 1.35 bits per heavy atom. The van der Waals surface area contributed by atoms with E-state index in [4.69, 9.17) is 4.74 Å². The van der Waals surface area contributed by atoms with Crippen LogP contribution in [0.2, 0.25) is 0 Å². The number of aliphatic imine (C=N–C) groups is 1. The molecule has 0 aliphatic carbocycles. The molecule has 4 heteroatoms. The molecular formula is C16H27N3O. The lowest BCUT2D eigenvalue weighted by molar-refractivity contribution is 0.317. The molecule has 0 aromatic heterocycles. The second kappa shape index (κ2) is 9.23. The molecule has 1 aromatic carbocycles. The molecule has 0 amide bonds. The summed E-state index contributed by atoms with van der Waals surface area (Å²) in [6.45, 7) is 6.65. The maximum absolute atomic E-state index is 5.76. The van der Waals surface area contributed by atoms with Gasteiger partial charge in [-0.2, -0.15) is 0 Å². The van der Waals surface area contributed by atoms with Gasteiger partial charge in [0.15, 0.2) is 5.96 Å². The van der Waals surface area contributed by atoms with Crippen LogP contribution in [0.15, 0.2) is 29.3 Å². The molecule has 0 aliphatic heterocycles. The van der Waals surface area contributed by atoms with Crippen LogP contribution in [0.5, 0.6) is 5.75 Å². The van der Waals surface area contributed by atoms with E-state index in [9.17, 15) is 0 Å². The van der Waals surface area contributed by atoms with E-state index in [1.807, 2.05) is 25.2 Å². The topological polar surface area (TPSA) is 36.9 Å². The predicted octanol–water partition coefficient (Wildman–Crippen LogP) is 2.68. The first-order valence-corrected chi connectivity index (χ1v) is 7.29. The molecule has 0 fully saturated rings. The zero-order chi connectivity index (χ0) is 14.8. The van der Waals surface area contributed by atoms with Gasteiger partial charge in [0.1, 0.15) is 12.4 Å². The summed E-state index contributed by atoms with van der Waals surface area (Å²) >= 11 is 0. The third kappa shape index (κ3) is 5.51. The van der Waals surface area contributed by atoms with Crippen LogP contribution in [0.1, 0.15) is 25.3 Å². The van der Waals surface area contributed by atoms with E-state index in [2.05, 4.69) is 42.2 Å². The monoisotopic (exact) mass is 277 g/mol. The van der Waals surface area contributed by atoms with Gasteiger partial charge < -0.3 is 15.0 Å². The highest BCUT2D eigenvalue weighted by Gasteiger charge is 2.04. The van der Waals surface area contributed by atoms with E-state index >= 15 is 0 Å². The summed E-state index contributed by atoms with van der Waals surface area (Å²) < 4.78 is 5.76. The Morgan fingerprint density at radius 2 is 2.10 bits per heavy atom. The Hall–Kier alpha value is -1.71. The molecule has 1 rings (SSSR count). The standard InChI is InChI=1S/C16H27N3O/c1-5-6-12-19(4)16(17-3)18-11-13-20-15-10-8-7-9-14(15)2/h7-10H,5-6,11-13H2,1-4H3,(H,17,18). The molecule has 1 aromatic rings. The smallest absolute Gasteiger partial charge is 0.193 e. The highest BCUT2D eigenvalue weighted by Crippen LogP contribution is 2.15. The van der Waals surface area contributed by atoms with Gasteiger partial charge in [0.25, 0.3) is 0 Å². The zero-order valence-electron chi connectivity index (χ0n) is 13.1. The maximum atomic E-state index is 5.76. The minimum atomic E-state index is 0.630. The fraction of sp³-hybridized carbons (Fsp3) is 0.562. The summed E-state index contributed by atoms with van der Waals surface area (Å²) in [6, 6.07) is 8.07. The summed E-state index contributed by atoms with van der Waals surface area (Å²) in [5, 5.41) is 3.32. The van der Waals surface area contributed by atoms with Crippen LogP contribution < -0.4 is 10.1 Å². The van der Waals surface area contributed by atoms with Crippen molar-refractivity contribution in [2.45, 2.75) is 26.7 Å². The fourth-order valence-electron chi connectivity index (χ4n) is 1.93. The number of ether oxygens (including phenoxy) is 1. The number of unbranched alkanes of at least 4 members (excludes halogenated alkanes) is 1. The SMILES string of the molecule is CCCCN(C)C(=NC)NCCOc1ccccc1C. The van der Waals surface area contributed by atoms with E-state index in [1.165, 1.54) is 12.8 Å². The molecule has 20 heavy (non-hydrogen) atoms. The summed E-state index contributed by atoms with van der Waals surface area (Å²) in [4.78, 5) is 6.43. The zero-order valence-corrected chi connectivity index (χ0v) is 13.1. The predicted molar refractivity (Wildman–Crippen MR) is 85.6 cm³/mol. The van der Waals surface area contributed by atoms with E-state index in [0.717, 1.165) is 30.4 Å². The number of hydrogen-bond acceptors (Lipinski definition) is 2. The Morgan fingerprint density at radius 3 is 2.75 bits per heavy atom. The van der Waals surface area contributed by atoms with E-state index in [1.54, 1.807) is 0 Å². The third-order valence-corrected chi connectivity index (χ3v) is 3.16. The number of nitrogens with zero attached hydrogens (tertiary/aromatic N) is 2. The first kappa shape index (κ1) is 16.3. The Kier molecular flexibility index (Phi) is 7.55. The highest BCUT2D eigenvalue weighted by molar-refractivity contribution is 5.79. The average molecular weight is 277 g/mol. The van der Waals surface area contributed by atoms with Gasteiger partial charge in [-0.25, -0.2) is 0 Å². The van der Waals surface area contributed by atoms with Crippen molar-refractivity contribution < 1.29 is 4.74 Å². The Balaban J connectivity index is 2.30. The molecule has 0 atom stereocenters. The molecular weight excluding hydrogens is 250 g/mol. The highest BCUT2D eigenvalue weighted by atomic mass is 16.5. The van der Waals surface area contributed by atoms with Gasteiger partial charge in [-0.1, -0.05) is 31.5 Å². The molecule has 0 saturated carbocycles. The summed E-state index contributed by atoms with van der Waals surface area (Å²) in [5.74, 6) is 1.87. The normalized spacial score (nSPS) is 11.3. The van der Waals surface area contributed by atoms with Gasteiger partial charge in [-0.15, -0.1) is 0 Å². The Bertz CT molecular complexity index is 418. The average Bonchev–Trinajstić information content (AvgIpc) is 2.46. The molecule has 0 heterocycles. The van der Waals surface area contributed by atoms with Gasteiger partial charge in [-0.3, -0.25) is 4.99 Å². The largest absolute Gasteiger partial charge is 0.491 e. The second-order valence-electron chi connectivity index (χ2n) is 4.86. The molecule has 4 nitrogen and oxygen atoms in total. The molecule has 0 spiro atoms. The summed E-state index contributed by atoms with van der Waals surface area (Å²) in [5.41, 5.74) is 1.16. The summed E-state index contributed by atoms with van der Waals surface area (Å²) in [7, 11) is 3.88. The quantitative estimate of drug-likeness (QED) is 0.473. The van der Waals surface area contributed by atoms with Crippen LogP contribution in [0.3, 0.4) is 0 Å².